The highest BCUT2D eigenvalue weighted by atomic mass is 35.5. The maximum atomic E-state index is 10.5. The number of phenols is 1. The van der Waals surface area contributed by atoms with Crippen molar-refractivity contribution in [3.05, 3.63) is 22.3 Å². The number of nitrogens with two attached hydrogens (primary N) is 2. The van der Waals surface area contributed by atoms with Crippen LogP contribution in [0.4, 0.5) is 11.8 Å². The van der Waals surface area contributed by atoms with Crippen LogP contribution in [0.15, 0.2) is 6.20 Å². The van der Waals surface area contributed by atoms with Crippen molar-refractivity contribution in [2.75, 3.05) is 32.8 Å². The average Bonchev–Trinajstić information content (AvgIpc) is 2.54. The highest BCUT2D eigenvalue weighted by molar-refractivity contribution is 6.35. The third kappa shape index (κ3) is 2.90. The number of aromatic hydroxyl groups is 1. The zero-order chi connectivity index (χ0) is 18.0. The minimum atomic E-state index is -0.980. The van der Waals surface area contributed by atoms with Gasteiger partial charge in [0.25, 0.3) is 0 Å². The normalized spacial score (nSPS) is 11.9. The zero-order valence-electron chi connectivity index (χ0n) is 13.1. The number of nitrogen functional groups attached to an aromatic ring is 2. The van der Waals surface area contributed by atoms with E-state index in [4.69, 9.17) is 48.9 Å². The van der Waals surface area contributed by atoms with Gasteiger partial charge in [-0.3, -0.25) is 0 Å². The number of anilines is 2. The standard InChI is InChI=1S/C14H16Cl2N4O4/c1-22-10-8(16)6(9(21)11(23-2)12(10)24-3)7(15)5-4-19-14(18)20-13(5)17/h4,7,21H,1-3H3,(H4,17,18,19,20). The molecule has 0 spiro atoms. The van der Waals surface area contributed by atoms with Crippen molar-refractivity contribution in [1.29, 1.82) is 0 Å². The molecule has 1 aromatic heterocycles. The van der Waals surface area contributed by atoms with Gasteiger partial charge in [0.2, 0.25) is 17.4 Å². The number of aromatic nitrogens is 2. The molecule has 0 aliphatic carbocycles. The van der Waals surface area contributed by atoms with E-state index in [1.165, 1.54) is 27.5 Å². The van der Waals surface area contributed by atoms with E-state index in [0.717, 1.165) is 0 Å². The largest absolute Gasteiger partial charge is 0.504 e. The van der Waals surface area contributed by atoms with Gasteiger partial charge in [-0.05, 0) is 0 Å². The van der Waals surface area contributed by atoms with E-state index in [0.29, 0.717) is 5.56 Å². The van der Waals surface area contributed by atoms with E-state index in [9.17, 15) is 5.11 Å². The van der Waals surface area contributed by atoms with Crippen LogP contribution in [0.2, 0.25) is 5.02 Å². The number of nitrogens with zero attached hydrogens (tertiary/aromatic N) is 2. The Hall–Kier alpha value is -2.32. The monoisotopic (exact) mass is 374 g/mol. The van der Waals surface area contributed by atoms with Crippen molar-refractivity contribution < 1.29 is 19.3 Å². The zero-order valence-corrected chi connectivity index (χ0v) is 14.6. The fourth-order valence-electron chi connectivity index (χ4n) is 2.22. The Kier molecular flexibility index (Phi) is 5.30. The highest BCUT2D eigenvalue weighted by Crippen LogP contribution is 2.55. The van der Waals surface area contributed by atoms with Crippen LogP contribution in [0, 0.1) is 0 Å². The maximum Gasteiger partial charge on any atom is 0.221 e. The van der Waals surface area contributed by atoms with Gasteiger partial charge in [0.15, 0.2) is 11.5 Å². The van der Waals surface area contributed by atoms with Crippen molar-refractivity contribution in [3.63, 3.8) is 0 Å². The van der Waals surface area contributed by atoms with Gasteiger partial charge in [0, 0.05) is 17.3 Å². The molecule has 5 N–H and O–H groups in total. The predicted molar refractivity (Wildman–Crippen MR) is 91.3 cm³/mol. The number of rotatable bonds is 5. The molecule has 8 nitrogen and oxygen atoms in total. The van der Waals surface area contributed by atoms with Crippen LogP contribution in [-0.2, 0) is 0 Å². The summed E-state index contributed by atoms with van der Waals surface area (Å²) in [6, 6.07) is 0. The summed E-state index contributed by atoms with van der Waals surface area (Å²) >= 11 is 12.8. The van der Waals surface area contributed by atoms with Crippen LogP contribution >= 0.6 is 23.2 Å². The minimum Gasteiger partial charge on any atom is -0.504 e. The summed E-state index contributed by atoms with van der Waals surface area (Å²) in [5, 5.41) is 9.61. The van der Waals surface area contributed by atoms with Crippen LogP contribution < -0.4 is 25.7 Å². The van der Waals surface area contributed by atoms with Crippen molar-refractivity contribution in [3.8, 4) is 23.0 Å². The number of methoxy groups -OCH3 is 3. The lowest BCUT2D eigenvalue weighted by molar-refractivity contribution is 0.309. The summed E-state index contributed by atoms with van der Waals surface area (Å²) in [5.41, 5.74) is 11.7. The van der Waals surface area contributed by atoms with E-state index in [1.54, 1.807) is 0 Å². The second-order valence-electron chi connectivity index (χ2n) is 4.61. The molecule has 0 saturated carbocycles. The van der Waals surface area contributed by atoms with E-state index in [2.05, 4.69) is 9.97 Å². The summed E-state index contributed by atoms with van der Waals surface area (Å²) in [7, 11) is 4.15. The second-order valence-corrected chi connectivity index (χ2v) is 5.42. The number of halogens is 2. The lowest BCUT2D eigenvalue weighted by Crippen LogP contribution is -2.07. The molecule has 2 aromatic rings. The van der Waals surface area contributed by atoms with Crippen LogP contribution in [0.25, 0.3) is 0 Å². The molecular weight excluding hydrogens is 359 g/mol. The molecule has 1 aromatic carbocycles. The summed E-state index contributed by atoms with van der Waals surface area (Å²) in [6.45, 7) is 0. The molecule has 2 rings (SSSR count). The third-order valence-electron chi connectivity index (χ3n) is 3.32. The van der Waals surface area contributed by atoms with Crippen molar-refractivity contribution >= 4 is 35.0 Å². The molecule has 24 heavy (non-hydrogen) atoms. The van der Waals surface area contributed by atoms with Crippen LogP contribution in [0.1, 0.15) is 16.5 Å². The first-order chi connectivity index (χ1) is 11.4. The molecule has 1 atom stereocenters. The molecule has 130 valence electrons. The number of hydrogen-bond donors (Lipinski definition) is 3. The molecule has 0 saturated heterocycles. The Morgan fingerprint density at radius 1 is 1.08 bits per heavy atom. The summed E-state index contributed by atoms with van der Waals surface area (Å²) in [4.78, 5) is 7.70. The molecule has 1 heterocycles. The fraction of sp³-hybridized carbons (Fsp3) is 0.286. The molecule has 0 aliphatic rings. The van der Waals surface area contributed by atoms with Crippen LogP contribution in [-0.4, -0.2) is 36.4 Å². The molecule has 0 fully saturated rings. The molecule has 0 amide bonds. The number of alkyl halides is 1. The first-order valence-electron chi connectivity index (χ1n) is 6.59. The first-order valence-corrected chi connectivity index (χ1v) is 7.40. The molecule has 0 radical (unpaired) electrons. The SMILES string of the molecule is COc1c(O)c(C(Cl)c2cnc(N)nc2N)c(Cl)c(OC)c1OC. The Bertz CT molecular complexity index is 742. The van der Waals surface area contributed by atoms with Gasteiger partial charge in [-0.2, -0.15) is 4.98 Å². The molecule has 1 unspecified atom stereocenters. The smallest absolute Gasteiger partial charge is 0.221 e. The number of hydrogen-bond acceptors (Lipinski definition) is 8. The number of phenolic OH excluding ortho intramolecular Hbond substituents is 1. The van der Waals surface area contributed by atoms with Crippen LogP contribution in [0.5, 0.6) is 23.0 Å². The Balaban J connectivity index is 2.73. The number of ether oxygens (including phenoxy) is 3. The van der Waals surface area contributed by atoms with Gasteiger partial charge in [0.1, 0.15) is 5.82 Å². The van der Waals surface area contributed by atoms with Gasteiger partial charge in [-0.1, -0.05) is 11.6 Å². The first kappa shape index (κ1) is 18.0. The summed E-state index contributed by atoms with van der Waals surface area (Å²) in [5.74, 6) is 0.0683. The Morgan fingerprint density at radius 3 is 2.17 bits per heavy atom. The Labute approximate surface area is 148 Å². The van der Waals surface area contributed by atoms with Gasteiger partial charge in [-0.25, -0.2) is 4.98 Å². The van der Waals surface area contributed by atoms with E-state index < -0.39 is 5.38 Å². The van der Waals surface area contributed by atoms with Crippen molar-refractivity contribution in [2.45, 2.75) is 5.38 Å². The lowest BCUT2D eigenvalue weighted by atomic mass is 10.0. The predicted octanol–water partition coefficient (Wildman–Crippen LogP) is 2.35. The lowest BCUT2D eigenvalue weighted by Gasteiger charge is -2.21. The van der Waals surface area contributed by atoms with Gasteiger partial charge >= 0.3 is 0 Å². The molecule has 0 aliphatic heterocycles. The van der Waals surface area contributed by atoms with Crippen molar-refractivity contribution in [1.82, 2.24) is 9.97 Å². The van der Waals surface area contributed by atoms with E-state index >= 15 is 0 Å². The van der Waals surface area contributed by atoms with Gasteiger partial charge in [0.05, 0.1) is 31.7 Å². The average molecular weight is 375 g/mol. The minimum absolute atomic E-state index is 0.000303. The van der Waals surface area contributed by atoms with Crippen molar-refractivity contribution in [2.24, 2.45) is 0 Å². The fourth-order valence-corrected chi connectivity index (χ4v) is 3.01. The van der Waals surface area contributed by atoms with Gasteiger partial charge < -0.3 is 30.8 Å². The summed E-state index contributed by atoms with van der Waals surface area (Å²) < 4.78 is 15.6. The molecule has 10 heteroatoms. The number of benzene rings is 1. The second kappa shape index (κ2) is 7.06. The summed E-state index contributed by atoms with van der Waals surface area (Å²) in [6.07, 6.45) is 1.36. The van der Waals surface area contributed by atoms with Gasteiger partial charge in [-0.15, -0.1) is 11.6 Å². The maximum absolute atomic E-state index is 10.5. The highest BCUT2D eigenvalue weighted by Gasteiger charge is 2.31. The third-order valence-corrected chi connectivity index (χ3v) is 4.15. The quantitative estimate of drug-likeness (QED) is 0.680. The van der Waals surface area contributed by atoms with E-state index in [-0.39, 0.29) is 45.4 Å². The van der Waals surface area contributed by atoms with E-state index in [1.807, 2.05) is 0 Å². The molecule has 0 bridgehead atoms. The van der Waals surface area contributed by atoms with Crippen LogP contribution in [0.3, 0.4) is 0 Å². The topological polar surface area (TPSA) is 126 Å². The molecular formula is C14H16Cl2N4O4. The Morgan fingerprint density at radius 2 is 1.67 bits per heavy atom.